The van der Waals surface area contributed by atoms with Crippen molar-refractivity contribution in [3.8, 4) is 17.6 Å². The smallest absolute Gasteiger partial charge is 0.385 e. The Bertz CT molecular complexity index is 1310. The third-order valence-electron chi connectivity index (χ3n) is 4.82. The molecule has 1 aliphatic rings. The van der Waals surface area contributed by atoms with Crippen molar-refractivity contribution in [1.29, 1.82) is 5.26 Å². The molecule has 3 aromatic carbocycles. The topological polar surface area (TPSA) is 80.9 Å². The number of rotatable bonds is 7. The van der Waals surface area contributed by atoms with E-state index in [0.29, 0.717) is 22.8 Å². The van der Waals surface area contributed by atoms with Crippen molar-refractivity contribution in [2.75, 3.05) is 0 Å². The number of nitriles is 1. The van der Waals surface area contributed by atoms with Crippen LogP contribution in [-0.4, -0.2) is 5.71 Å². The van der Waals surface area contributed by atoms with E-state index in [2.05, 4.69) is 11.2 Å². The average Bonchev–Trinajstić information content (AvgIpc) is 2.86. The van der Waals surface area contributed by atoms with Crippen LogP contribution in [-0.2, 0) is 9.19 Å². The predicted octanol–water partition coefficient (Wildman–Crippen LogP) is 7.12. The number of allylic oxidation sites excluding steroid dienone is 6. The maximum atomic E-state index is 13.4. The van der Waals surface area contributed by atoms with Gasteiger partial charge >= 0.3 is 7.82 Å². The molecule has 0 radical (unpaired) electrons. The Morgan fingerprint density at radius 1 is 0.824 bits per heavy atom. The Morgan fingerprint density at radius 3 is 1.85 bits per heavy atom. The summed E-state index contributed by atoms with van der Waals surface area (Å²) in [5.41, 5.74) is 3.27. The van der Waals surface area contributed by atoms with E-state index in [9.17, 15) is 9.83 Å². The molecule has 0 aromatic heterocycles. The van der Waals surface area contributed by atoms with Crippen molar-refractivity contribution < 1.29 is 18.2 Å². The first kappa shape index (κ1) is 22.8. The second kappa shape index (κ2) is 10.5. The van der Waals surface area contributed by atoms with Gasteiger partial charge in [-0.2, -0.15) is 9.83 Å². The lowest BCUT2D eigenvalue weighted by Gasteiger charge is -2.17. The van der Waals surface area contributed by atoms with Gasteiger partial charge in [-0.05, 0) is 60.1 Å². The van der Waals surface area contributed by atoms with Crippen molar-refractivity contribution >= 4 is 19.1 Å². The highest BCUT2D eigenvalue weighted by molar-refractivity contribution is 7.49. The van der Waals surface area contributed by atoms with Crippen LogP contribution in [0.25, 0.3) is 5.57 Å². The molecule has 34 heavy (non-hydrogen) atoms. The van der Waals surface area contributed by atoms with Crippen LogP contribution < -0.4 is 9.05 Å². The van der Waals surface area contributed by atoms with Crippen molar-refractivity contribution in [2.24, 2.45) is 5.16 Å². The second-order valence-corrected chi connectivity index (χ2v) is 8.71. The minimum absolute atomic E-state index is 0.320. The maximum absolute atomic E-state index is 13.4. The molecule has 0 spiro atoms. The lowest BCUT2D eigenvalue weighted by atomic mass is 9.94. The SMILES string of the molecule is CC1=CC(=C(/C#N)c2ccccc2)/C=CC/1=N\OP(=O)(Oc1ccccc1)Oc1ccccc1. The van der Waals surface area contributed by atoms with E-state index >= 15 is 0 Å². The Balaban J connectivity index is 1.60. The summed E-state index contributed by atoms with van der Waals surface area (Å²) in [5, 5.41) is 13.7. The number of benzene rings is 3. The quantitative estimate of drug-likeness (QED) is 0.210. The maximum Gasteiger partial charge on any atom is 0.668 e. The summed E-state index contributed by atoms with van der Waals surface area (Å²) in [7, 11) is -4.16. The zero-order valence-electron chi connectivity index (χ0n) is 18.4. The highest BCUT2D eigenvalue weighted by Gasteiger charge is 2.33. The standard InChI is InChI=1S/C27H21N2O4P/c1-21-19-23(26(20-28)22-11-5-2-6-12-22)17-18-27(21)29-33-34(30,31-24-13-7-3-8-14-24)32-25-15-9-4-10-16-25/h2-19H,1H3/b26-23-,29-27+. The van der Waals surface area contributed by atoms with Crippen LogP contribution in [0, 0.1) is 11.3 Å². The minimum Gasteiger partial charge on any atom is -0.385 e. The molecule has 0 unspecified atom stereocenters. The molecule has 0 heterocycles. The Labute approximate surface area is 198 Å². The van der Waals surface area contributed by atoms with E-state index in [4.69, 9.17) is 13.7 Å². The van der Waals surface area contributed by atoms with Gasteiger partial charge in [-0.1, -0.05) is 78.0 Å². The van der Waals surface area contributed by atoms with Gasteiger partial charge in [0, 0.05) is 0 Å². The summed E-state index contributed by atoms with van der Waals surface area (Å²) in [5.74, 6) is 0.639. The molecular formula is C27H21N2O4P. The van der Waals surface area contributed by atoms with Crippen molar-refractivity contribution in [3.63, 3.8) is 0 Å². The van der Waals surface area contributed by atoms with E-state index in [1.165, 1.54) is 0 Å². The monoisotopic (exact) mass is 468 g/mol. The molecular weight excluding hydrogens is 447 g/mol. The Hall–Kier alpha value is -4.33. The fourth-order valence-electron chi connectivity index (χ4n) is 3.18. The van der Waals surface area contributed by atoms with Gasteiger partial charge in [-0.15, -0.1) is 0 Å². The lowest BCUT2D eigenvalue weighted by Crippen LogP contribution is -2.06. The summed E-state index contributed by atoms with van der Waals surface area (Å²) in [6.07, 6.45) is 5.29. The third kappa shape index (κ3) is 5.72. The van der Waals surface area contributed by atoms with Crippen LogP contribution in [0.4, 0.5) is 0 Å². The zero-order valence-corrected chi connectivity index (χ0v) is 19.3. The summed E-state index contributed by atoms with van der Waals surface area (Å²) in [4.78, 5) is 0. The zero-order chi connectivity index (χ0) is 23.8. The van der Waals surface area contributed by atoms with Crippen LogP contribution in [0.3, 0.4) is 0 Å². The largest absolute Gasteiger partial charge is 0.668 e. The molecule has 0 saturated heterocycles. The average molecular weight is 468 g/mol. The van der Waals surface area contributed by atoms with E-state index < -0.39 is 7.82 Å². The van der Waals surface area contributed by atoms with Crippen LogP contribution >= 0.6 is 7.82 Å². The number of hydrogen-bond donors (Lipinski definition) is 0. The molecule has 0 amide bonds. The Kier molecular flexibility index (Phi) is 7.07. The van der Waals surface area contributed by atoms with Gasteiger partial charge in [0.25, 0.3) is 0 Å². The number of phosphoric ester groups is 1. The number of para-hydroxylation sites is 2. The Morgan fingerprint density at radius 2 is 1.35 bits per heavy atom. The number of phosphoric acid groups is 1. The molecule has 3 aromatic rings. The summed E-state index contributed by atoms with van der Waals surface area (Å²) >= 11 is 0. The summed E-state index contributed by atoms with van der Waals surface area (Å²) in [6, 6.07) is 28.9. The molecule has 0 N–H and O–H groups in total. The first-order chi connectivity index (χ1) is 16.6. The van der Waals surface area contributed by atoms with Crippen LogP contribution in [0.15, 0.2) is 126 Å². The van der Waals surface area contributed by atoms with Crippen molar-refractivity contribution in [3.05, 3.63) is 126 Å². The fraction of sp³-hybridized carbons (Fsp3) is 0.0370. The molecule has 168 valence electrons. The lowest BCUT2D eigenvalue weighted by molar-refractivity contribution is 0.218. The van der Waals surface area contributed by atoms with Gasteiger partial charge < -0.3 is 9.05 Å². The highest BCUT2D eigenvalue weighted by Crippen LogP contribution is 2.50. The van der Waals surface area contributed by atoms with Gasteiger partial charge in [0.05, 0.1) is 5.57 Å². The van der Waals surface area contributed by atoms with E-state index in [0.717, 1.165) is 16.7 Å². The second-order valence-electron chi connectivity index (χ2n) is 7.28. The highest BCUT2D eigenvalue weighted by atomic mass is 31.2. The molecule has 0 fully saturated rings. The van der Waals surface area contributed by atoms with Gasteiger partial charge in [0.2, 0.25) is 0 Å². The first-order valence-corrected chi connectivity index (χ1v) is 11.9. The molecule has 7 heteroatoms. The fourth-order valence-corrected chi connectivity index (χ4v) is 4.23. The molecule has 6 nitrogen and oxygen atoms in total. The molecule has 0 atom stereocenters. The molecule has 4 rings (SSSR count). The number of nitrogens with zero attached hydrogens (tertiary/aromatic N) is 2. The van der Waals surface area contributed by atoms with Crippen LogP contribution in [0.1, 0.15) is 12.5 Å². The predicted molar refractivity (Wildman–Crippen MR) is 132 cm³/mol. The number of oxime groups is 1. The van der Waals surface area contributed by atoms with Gasteiger partial charge in [-0.25, -0.2) is 0 Å². The van der Waals surface area contributed by atoms with Crippen LogP contribution in [0.2, 0.25) is 0 Å². The molecule has 0 saturated carbocycles. The van der Waals surface area contributed by atoms with E-state index in [1.807, 2.05) is 55.5 Å². The van der Waals surface area contributed by atoms with Crippen molar-refractivity contribution in [2.45, 2.75) is 6.92 Å². The van der Waals surface area contributed by atoms with E-state index in [1.54, 1.807) is 60.7 Å². The van der Waals surface area contributed by atoms with Crippen molar-refractivity contribution in [1.82, 2.24) is 0 Å². The first-order valence-electron chi connectivity index (χ1n) is 10.5. The summed E-state index contributed by atoms with van der Waals surface area (Å²) in [6.45, 7) is 1.83. The van der Waals surface area contributed by atoms with E-state index in [-0.39, 0.29) is 0 Å². The normalized spacial score (nSPS) is 15.8. The third-order valence-corrected chi connectivity index (χ3v) is 5.97. The van der Waals surface area contributed by atoms with Gasteiger partial charge in [0.15, 0.2) is 0 Å². The van der Waals surface area contributed by atoms with Gasteiger partial charge in [-0.3, -0.25) is 4.62 Å². The minimum atomic E-state index is -4.16. The van der Waals surface area contributed by atoms with Gasteiger partial charge in [0.1, 0.15) is 23.3 Å². The number of hydrogen-bond acceptors (Lipinski definition) is 6. The molecule has 1 aliphatic carbocycles. The summed E-state index contributed by atoms with van der Waals surface area (Å²) < 4.78 is 30.0. The van der Waals surface area contributed by atoms with Crippen LogP contribution in [0.5, 0.6) is 11.5 Å². The molecule has 0 bridgehead atoms. The molecule has 0 aliphatic heterocycles.